The first kappa shape index (κ1) is 15.4. The van der Waals surface area contributed by atoms with Crippen molar-refractivity contribution in [1.29, 1.82) is 0 Å². The van der Waals surface area contributed by atoms with Crippen LogP contribution in [-0.2, 0) is 11.3 Å². The quantitative estimate of drug-likeness (QED) is 0.383. The van der Waals surface area contributed by atoms with Crippen molar-refractivity contribution < 1.29 is 19.0 Å². The van der Waals surface area contributed by atoms with Crippen LogP contribution in [0.2, 0.25) is 0 Å². The number of anilines is 1. The van der Waals surface area contributed by atoms with Crippen molar-refractivity contribution in [3.8, 4) is 0 Å². The standard InChI is InChI=1S/C13H14N4O5/c1-7(2)12-15-11(22-16-12)6-21-13(18)9-4-3-8(17(19)20)5-10(9)14/h3-5,7H,6,14H2,1-2H3. The molecule has 0 saturated carbocycles. The van der Waals surface area contributed by atoms with Gasteiger partial charge in [0.05, 0.1) is 16.2 Å². The van der Waals surface area contributed by atoms with Crippen molar-refractivity contribution in [3.63, 3.8) is 0 Å². The minimum absolute atomic E-state index is 0.0346. The van der Waals surface area contributed by atoms with Gasteiger partial charge in [0, 0.05) is 18.1 Å². The summed E-state index contributed by atoms with van der Waals surface area (Å²) in [6, 6.07) is 3.51. The summed E-state index contributed by atoms with van der Waals surface area (Å²) in [6.45, 7) is 3.60. The number of ether oxygens (including phenoxy) is 1. The fourth-order valence-corrected chi connectivity index (χ4v) is 1.62. The van der Waals surface area contributed by atoms with E-state index in [1.165, 1.54) is 12.1 Å². The summed E-state index contributed by atoms with van der Waals surface area (Å²) in [5.41, 5.74) is 5.42. The molecule has 0 atom stereocenters. The SMILES string of the molecule is CC(C)c1noc(COC(=O)c2ccc([N+](=O)[O-])cc2N)n1. The number of hydrogen-bond donors (Lipinski definition) is 1. The van der Waals surface area contributed by atoms with E-state index in [2.05, 4.69) is 10.1 Å². The normalized spacial score (nSPS) is 10.7. The second kappa shape index (κ2) is 6.20. The Morgan fingerprint density at radius 1 is 1.50 bits per heavy atom. The molecule has 9 nitrogen and oxygen atoms in total. The molecule has 0 amide bonds. The lowest BCUT2D eigenvalue weighted by molar-refractivity contribution is -0.384. The van der Waals surface area contributed by atoms with Crippen LogP contribution in [0.15, 0.2) is 22.7 Å². The summed E-state index contributed by atoms with van der Waals surface area (Å²) in [5.74, 6) is 0.0497. The average Bonchev–Trinajstić information content (AvgIpc) is 2.93. The number of non-ortho nitro benzene ring substituents is 1. The Balaban J connectivity index is 2.04. The van der Waals surface area contributed by atoms with Crippen molar-refractivity contribution in [2.45, 2.75) is 26.4 Å². The molecule has 0 saturated heterocycles. The molecule has 22 heavy (non-hydrogen) atoms. The number of nitro groups is 1. The molecule has 0 aliphatic rings. The number of nitrogens with two attached hydrogens (primary N) is 1. The fraction of sp³-hybridized carbons (Fsp3) is 0.308. The minimum atomic E-state index is -0.725. The third kappa shape index (κ3) is 3.37. The van der Waals surface area contributed by atoms with E-state index in [4.69, 9.17) is 15.0 Å². The highest BCUT2D eigenvalue weighted by molar-refractivity contribution is 5.95. The average molecular weight is 306 g/mol. The Morgan fingerprint density at radius 2 is 2.23 bits per heavy atom. The fourth-order valence-electron chi connectivity index (χ4n) is 1.62. The summed E-state index contributed by atoms with van der Waals surface area (Å²) in [4.78, 5) is 26.0. The maximum absolute atomic E-state index is 11.9. The molecule has 1 aromatic carbocycles. The lowest BCUT2D eigenvalue weighted by atomic mass is 10.1. The number of carbonyl (C=O) groups excluding carboxylic acids is 1. The van der Waals surface area contributed by atoms with Gasteiger partial charge in [0.15, 0.2) is 12.4 Å². The predicted molar refractivity (Wildman–Crippen MR) is 75.0 cm³/mol. The molecule has 2 aromatic rings. The summed E-state index contributed by atoms with van der Waals surface area (Å²) in [6.07, 6.45) is 0. The third-order valence-corrected chi connectivity index (χ3v) is 2.79. The van der Waals surface area contributed by atoms with Gasteiger partial charge in [0.1, 0.15) is 0 Å². The van der Waals surface area contributed by atoms with Gasteiger partial charge < -0.3 is 15.0 Å². The molecule has 1 aromatic heterocycles. The number of nitro benzene ring substituents is 1. The molecule has 116 valence electrons. The van der Waals surface area contributed by atoms with Crippen molar-refractivity contribution in [3.05, 3.63) is 45.6 Å². The Hall–Kier alpha value is -2.97. The molecule has 1 heterocycles. The zero-order chi connectivity index (χ0) is 16.3. The van der Waals surface area contributed by atoms with E-state index >= 15 is 0 Å². The van der Waals surface area contributed by atoms with Gasteiger partial charge in [-0.3, -0.25) is 10.1 Å². The number of nitrogen functional groups attached to an aromatic ring is 1. The molecule has 0 aliphatic heterocycles. The van der Waals surface area contributed by atoms with Crippen LogP contribution in [0.4, 0.5) is 11.4 Å². The second-order valence-corrected chi connectivity index (χ2v) is 4.81. The first-order valence-corrected chi connectivity index (χ1v) is 6.42. The molecule has 9 heteroatoms. The maximum atomic E-state index is 11.9. The Morgan fingerprint density at radius 3 is 2.77 bits per heavy atom. The Kier molecular flexibility index (Phi) is 4.35. The van der Waals surface area contributed by atoms with Crippen LogP contribution in [0.1, 0.15) is 41.8 Å². The maximum Gasteiger partial charge on any atom is 0.340 e. The summed E-state index contributed by atoms with van der Waals surface area (Å²) < 4.78 is 9.94. The minimum Gasteiger partial charge on any atom is -0.452 e. The van der Waals surface area contributed by atoms with E-state index in [9.17, 15) is 14.9 Å². The number of esters is 1. The Labute approximate surface area is 125 Å². The lowest BCUT2D eigenvalue weighted by Crippen LogP contribution is -2.09. The molecular weight excluding hydrogens is 292 g/mol. The molecule has 2 N–H and O–H groups in total. The van der Waals surface area contributed by atoms with Gasteiger partial charge in [0.25, 0.3) is 11.6 Å². The van der Waals surface area contributed by atoms with Crippen LogP contribution < -0.4 is 5.73 Å². The van der Waals surface area contributed by atoms with Crippen LogP contribution in [0.5, 0.6) is 0 Å². The van der Waals surface area contributed by atoms with Crippen LogP contribution >= 0.6 is 0 Å². The first-order valence-electron chi connectivity index (χ1n) is 6.42. The third-order valence-electron chi connectivity index (χ3n) is 2.79. The molecule has 0 radical (unpaired) electrons. The Bertz CT molecular complexity index is 710. The second-order valence-electron chi connectivity index (χ2n) is 4.81. The molecular formula is C13H14N4O5. The largest absolute Gasteiger partial charge is 0.452 e. The van der Waals surface area contributed by atoms with Gasteiger partial charge in [-0.05, 0) is 6.07 Å². The molecule has 2 rings (SSSR count). The molecule has 0 fully saturated rings. The van der Waals surface area contributed by atoms with E-state index in [-0.39, 0.29) is 35.4 Å². The summed E-state index contributed by atoms with van der Waals surface area (Å²) in [7, 11) is 0. The van der Waals surface area contributed by atoms with Crippen LogP contribution in [0.25, 0.3) is 0 Å². The molecule has 0 bridgehead atoms. The van der Waals surface area contributed by atoms with Gasteiger partial charge >= 0.3 is 5.97 Å². The number of benzene rings is 1. The number of aromatic nitrogens is 2. The molecule has 0 aliphatic carbocycles. The van der Waals surface area contributed by atoms with E-state index < -0.39 is 10.9 Å². The number of nitrogens with zero attached hydrogens (tertiary/aromatic N) is 3. The summed E-state index contributed by atoms with van der Waals surface area (Å²) in [5, 5.41) is 14.3. The van der Waals surface area contributed by atoms with E-state index in [1.54, 1.807) is 0 Å². The summed E-state index contributed by atoms with van der Waals surface area (Å²) >= 11 is 0. The van der Waals surface area contributed by atoms with Gasteiger partial charge in [0.2, 0.25) is 0 Å². The van der Waals surface area contributed by atoms with Crippen LogP contribution in [0.3, 0.4) is 0 Å². The van der Waals surface area contributed by atoms with E-state index in [1.807, 2.05) is 13.8 Å². The lowest BCUT2D eigenvalue weighted by Gasteiger charge is -2.04. The van der Waals surface area contributed by atoms with Gasteiger partial charge in [-0.25, -0.2) is 4.79 Å². The van der Waals surface area contributed by atoms with Gasteiger partial charge in [-0.15, -0.1) is 0 Å². The first-order chi connectivity index (χ1) is 10.4. The van der Waals surface area contributed by atoms with Crippen LogP contribution in [0, 0.1) is 10.1 Å². The van der Waals surface area contributed by atoms with Crippen LogP contribution in [-0.4, -0.2) is 21.0 Å². The van der Waals surface area contributed by atoms with E-state index in [0.717, 1.165) is 6.07 Å². The number of rotatable bonds is 5. The van der Waals surface area contributed by atoms with Gasteiger partial charge in [-0.1, -0.05) is 19.0 Å². The number of carbonyl (C=O) groups is 1. The topological polar surface area (TPSA) is 134 Å². The monoisotopic (exact) mass is 306 g/mol. The van der Waals surface area contributed by atoms with Crippen molar-refractivity contribution >= 4 is 17.3 Å². The number of hydrogen-bond acceptors (Lipinski definition) is 8. The predicted octanol–water partition coefficient (Wildman–Crippen LogP) is 2.04. The zero-order valence-corrected chi connectivity index (χ0v) is 12.0. The smallest absolute Gasteiger partial charge is 0.340 e. The van der Waals surface area contributed by atoms with Gasteiger partial charge in [-0.2, -0.15) is 4.98 Å². The van der Waals surface area contributed by atoms with Crippen molar-refractivity contribution in [2.24, 2.45) is 0 Å². The van der Waals surface area contributed by atoms with Crippen molar-refractivity contribution in [1.82, 2.24) is 10.1 Å². The van der Waals surface area contributed by atoms with E-state index in [0.29, 0.717) is 5.82 Å². The highest BCUT2D eigenvalue weighted by Gasteiger charge is 2.17. The zero-order valence-electron chi connectivity index (χ0n) is 12.0. The highest BCUT2D eigenvalue weighted by atomic mass is 16.6. The molecule has 0 spiro atoms. The molecule has 0 unspecified atom stereocenters. The highest BCUT2D eigenvalue weighted by Crippen LogP contribution is 2.21. The van der Waals surface area contributed by atoms with Crippen molar-refractivity contribution in [2.75, 3.05) is 5.73 Å².